The number of aryl methyl sites for hydroxylation is 2. The Hall–Kier alpha value is -2.31. The lowest BCUT2D eigenvalue weighted by Gasteiger charge is -2.17. The highest BCUT2D eigenvalue weighted by Crippen LogP contribution is 2.45. The molecule has 0 radical (unpaired) electrons. The number of rotatable bonds is 3. The van der Waals surface area contributed by atoms with Gasteiger partial charge in [-0.15, -0.1) is 11.3 Å². The summed E-state index contributed by atoms with van der Waals surface area (Å²) in [5.41, 5.74) is 3.98. The number of amides is 1. The van der Waals surface area contributed by atoms with Gasteiger partial charge in [-0.1, -0.05) is 22.0 Å². The van der Waals surface area contributed by atoms with Crippen LogP contribution in [0, 0.1) is 5.82 Å². The van der Waals surface area contributed by atoms with Crippen LogP contribution in [0.3, 0.4) is 0 Å². The summed E-state index contributed by atoms with van der Waals surface area (Å²) in [6.45, 7) is 0. The molecule has 0 bridgehead atoms. The molecule has 1 aliphatic rings. The Balaban J connectivity index is 1.73. The molecular formula is C20H13BrFNO2S. The number of fused-ring (bicyclic) bond motifs is 3. The van der Waals surface area contributed by atoms with Crippen molar-refractivity contribution < 1.29 is 14.0 Å². The van der Waals surface area contributed by atoms with Gasteiger partial charge in [-0.3, -0.25) is 9.59 Å². The predicted molar refractivity (Wildman–Crippen MR) is 105 cm³/mol. The molecule has 1 aromatic heterocycles. The van der Waals surface area contributed by atoms with Crippen molar-refractivity contribution in [2.24, 2.45) is 0 Å². The molecule has 0 spiro atoms. The molecule has 3 nitrogen and oxygen atoms in total. The van der Waals surface area contributed by atoms with Crippen LogP contribution in [0.1, 0.15) is 31.2 Å². The second kappa shape index (κ2) is 6.78. The summed E-state index contributed by atoms with van der Waals surface area (Å²) in [6.07, 6.45) is 2.52. The van der Waals surface area contributed by atoms with Crippen molar-refractivity contribution in [2.45, 2.75) is 12.8 Å². The maximum atomic E-state index is 13.0. The third-order valence-corrected chi connectivity index (χ3v) is 6.10. The summed E-state index contributed by atoms with van der Waals surface area (Å²) in [4.78, 5) is 25.3. The van der Waals surface area contributed by atoms with E-state index >= 15 is 0 Å². The lowest BCUT2D eigenvalue weighted by molar-refractivity contribution is 0.102. The zero-order valence-electron chi connectivity index (χ0n) is 13.5. The van der Waals surface area contributed by atoms with Crippen LogP contribution in [0.25, 0.3) is 11.1 Å². The zero-order chi connectivity index (χ0) is 18.3. The summed E-state index contributed by atoms with van der Waals surface area (Å²) in [5, 5.41) is 3.35. The van der Waals surface area contributed by atoms with Gasteiger partial charge in [-0.25, -0.2) is 4.39 Å². The van der Waals surface area contributed by atoms with Gasteiger partial charge in [-0.05, 0) is 60.4 Å². The van der Waals surface area contributed by atoms with Gasteiger partial charge in [-0.2, -0.15) is 0 Å². The highest BCUT2D eigenvalue weighted by atomic mass is 79.9. The molecule has 1 N–H and O–H groups in total. The molecule has 2 aromatic carbocycles. The van der Waals surface area contributed by atoms with Crippen LogP contribution >= 0.6 is 27.3 Å². The molecule has 0 unspecified atom stereocenters. The van der Waals surface area contributed by atoms with Crippen LogP contribution in [0.5, 0.6) is 0 Å². The number of anilines is 1. The van der Waals surface area contributed by atoms with Crippen LogP contribution < -0.4 is 5.32 Å². The molecule has 130 valence electrons. The fourth-order valence-electron chi connectivity index (χ4n) is 3.21. The number of carbonyl (C=O) groups excluding carboxylic acids is 2. The highest BCUT2D eigenvalue weighted by Gasteiger charge is 2.25. The molecule has 1 amide bonds. The first-order valence-corrected chi connectivity index (χ1v) is 9.64. The second-order valence-corrected chi connectivity index (χ2v) is 8.04. The Morgan fingerprint density at radius 2 is 1.92 bits per heavy atom. The van der Waals surface area contributed by atoms with Gasteiger partial charge < -0.3 is 5.32 Å². The van der Waals surface area contributed by atoms with Crippen molar-refractivity contribution in [2.75, 3.05) is 5.32 Å². The Kier molecular flexibility index (Phi) is 4.46. The van der Waals surface area contributed by atoms with E-state index in [-0.39, 0.29) is 5.91 Å². The second-order valence-electron chi connectivity index (χ2n) is 6.02. The van der Waals surface area contributed by atoms with E-state index in [9.17, 15) is 14.0 Å². The van der Waals surface area contributed by atoms with Crippen molar-refractivity contribution in [3.05, 3.63) is 74.3 Å². The van der Waals surface area contributed by atoms with Crippen LogP contribution in [0.2, 0.25) is 0 Å². The quantitative estimate of drug-likeness (QED) is 0.560. The van der Waals surface area contributed by atoms with E-state index in [4.69, 9.17) is 0 Å². The van der Waals surface area contributed by atoms with Gasteiger partial charge in [0.25, 0.3) is 5.91 Å². The molecule has 26 heavy (non-hydrogen) atoms. The Morgan fingerprint density at radius 3 is 2.65 bits per heavy atom. The average Bonchev–Trinajstić information content (AvgIpc) is 2.99. The summed E-state index contributed by atoms with van der Waals surface area (Å²) in [7, 11) is 0. The minimum absolute atomic E-state index is 0.346. The topological polar surface area (TPSA) is 46.2 Å². The smallest absolute Gasteiger partial charge is 0.256 e. The molecule has 0 saturated heterocycles. The third-order valence-electron chi connectivity index (χ3n) is 4.43. The lowest BCUT2D eigenvalue weighted by Crippen LogP contribution is -2.12. The van der Waals surface area contributed by atoms with E-state index < -0.39 is 5.82 Å². The lowest BCUT2D eigenvalue weighted by atomic mass is 9.88. The van der Waals surface area contributed by atoms with Crippen molar-refractivity contribution in [1.29, 1.82) is 0 Å². The number of carbonyl (C=O) groups is 2. The fourth-order valence-corrected chi connectivity index (χ4v) is 4.79. The predicted octanol–water partition coefficient (Wildman–Crippen LogP) is 5.48. The molecule has 0 atom stereocenters. The number of halogens is 2. The fraction of sp³-hybridized carbons (Fsp3) is 0.100. The summed E-state index contributed by atoms with van der Waals surface area (Å²) >= 11 is 4.92. The van der Waals surface area contributed by atoms with Crippen LogP contribution in [-0.2, 0) is 12.8 Å². The third kappa shape index (κ3) is 2.99. The maximum Gasteiger partial charge on any atom is 0.256 e. The van der Waals surface area contributed by atoms with Crippen molar-refractivity contribution >= 4 is 44.5 Å². The number of nitrogens with one attached hydrogen (secondary N) is 1. The monoisotopic (exact) mass is 429 g/mol. The minimum atomic E-state index is -0.399. The van der Waals surface area contributed by atoms with Crippen molar-refractivity contribution in [1.82, 2.24) is 0 Å². The highest BCUT2D eigenvalue weighted by molar-refractivity contribution is 9.10. The van der Waals surface area contributed by atoms with Crippen LogP contribution in [0.4, 0.5) is 9.39 Å². The molecule has 4 rings (SSSR count). The van der Waals surface area contributed by atoms with Gasteiger partial charge in [0, 0.05) is 20.5 Å². The molecule has 0 fully saturated rings. The Bertz CT molecular complexity index is 1030. The molecule has 3 aromatic rings. The van der Waals surface area contributed by atoms with E-state index in [2.05, 4.69) is 27.3 Å². The molecule has 0 aliphatic heterocycles. The van der Waals surface area contributed by atoms with Gasteiger partial charge in [0.2, 0.25) is 0 Å². The number of hydrogen-bond acceptors (Lipinski definition) is 3. The standard InChI is InChI=1S/C20H13BrFNO2S/c21-13-4-7-15-12(9-13)3-8-17-18(15)16(10-24)20(26-17)23-19(25)11-1-5-14(22)6-2-11/h1-2,4-7,9-10H,3,8H2,(H,23,25). The number of aldehydes is 1. The average molecular weight is 430 g/mol. The molecule has 0 saturated carbocycles. The van der Waals surface area contributed by atoms with Crippen LogP contribution in [0.15, 0.2) is 46.9 Å². The van der Waals surface area contributed by atoms with Gasteiger partial charge in [0.1, 0.15) is 10.8 Å². The summed E-state index contributed by atoms with van der Waals surface area (Å²) in [6, 6.07) is 11.4. The normalized spacial score (nSPS) is 12.2. The Labute approximate surface area is 162 Å². The van der Waals surface area contributed by atoms with Gasteiger partial charge in [0.15, 0.2) is 6.29 Å². The molecule has 6 heteroatoms. The summed E-state index contributed by atoms with van der Waals surface area (Å²) < 4.78 is 14.0. The van der Waals surface area contributed by atoms with Crippen molar-refractivity contribution in [3.8, 4) is 11.1 Å². The SMILES string of the molecule is O=Cc1c(NC(=O)c2ccc(F)cc2)sc2c1-c1ccc(Br)cc1CC2. The van der Waals surface area contributed by atoms with E-state index in [1.165, 1.54) is 41.2 Å². The molecule has 1 heterocycles. The van der Waals surface area contributed by atoms with Gasteiger partial charge in [0.05, 0.1) is 5.56 Å². The first kappa shape index (κ1) is 17.1. The molecule has 1 aliphatic carbocycles. The zero-order valence-corrected chi connectivity index (χ0v) is 15.9. The largest absolute Gasteiger partial charge is 0.313 e. The van der Waals surface area contributed by atoms with E-state index in [1.807, 2.05) is 12.1 Å². The number of benzene rings is 2. The van der Waals surface area contributed by atoms with Gasteiger partial charge >= 0.3 is 0 Å². The van der Waals surface area contributed by atoms with Crippen molar-refractivity contribution in [3.63, 3.8) is 0 Å². The van der Waals surface area contributed by atoms with Crippen LogP contribution in [-0.4, -0.2) is 12.2 Å². The number of hydrogen-bond donors (Lipinski definition) is 1. The number of thiophene rings is 1. The van der Waals surface area contributed by atoms with E-state index in [0.29, 0.717) is 16.1 Å². The van der Waals surface area contributed by atoms with E-state index in [1.54, 1.807) is 0 Å². The van der Waals surface area contributed by atoms with E-state index in [0.717, 1.165) is 39.6 Å². The Morgan fingerprint density at radius 1 is 1.15 bits per heavy atom. The first-order valence-electron chi connectivity index (χ1n) is 8.03. The first-order chi connectivity index (χ1) is 12.6. The minimum Gasteiger partial charge on any atom is -0.313 e. The molecular weight excluding hydrogens is 417 g/mol. The summed E-state index contributed by atoms with van der Waals surface area (Å²) in [5.74, 6) is -0.757. The maximum absolute atomic E-state index is 13.0.